The fraction of sp³-hybridized carbons (Fsp3) is 0.263. The summed E-state index contributed by atoms with van der Waals surface area (Å²) in [6.07, 6.45) is 5.38. The Morgan fingerprint density at radius 3 is 2.59 bits per heavy atom. The summed E-state index contributed by atoms with van der Waals surface area (Å²) in [6.45, 7) is 0. The molecule has 1 fully saturated rings. The number of H-pyrrole nitrogens is 1. The highest BCUT2D eigenvalue weighted by Gasteiger charge is 2.23. The van der Waals surface area contributed by atoms with Crippen molar-refractivity contribution in [2.75, 3.05) is 4.72 Å². The fourth-order valence-corrected chi connectivity index (χ4v) is 4.49. The molecule has 0 aliphatic heterocycles. The maximum atomic E-state index is 12.8. The zero-order valence-electron chi connectivity index (χ0n) is 14.6. The molecule has 0 atom stereocenters. The van der Waals surface area contributed by atoms with Gasteiger partial charge in [0.15, 0.2) is 0 Å². The molecule has 1 aromatic heterocycles. The highest BCUT2D eigenvalue weighted by atomic mass is 32.2. The van der Waals surface area contributed by atoms with Crippen molar-refractivity contribution in [3.8, 4) is 0 Å². The molecule has 0 radical (unpaired) electrons. The molecule has 1 heterocycles. The SMILES string of the molecule is O=C(NC1CCCC1)c1[nH]ncc1NS(=O)(=O)c1ccc2ccccc2c1. The van der Waals surface area contributed by atoms with E-state index >= 15 is 0 Å². The van der Waals surface area contributed by atoms with Crippen molar-refractivity contribution in [3.05, 3.63) is 54.4 Å². The van der Waals surface area contributed by atoms with Crippen molar-refractivity contribution < 1.29 is 13.2 Å². The predicted octanol–water partition coefficient (Wildman–Crippen LogP) is 3.04. The maximum absolute atomic E-state index is 12.8. The third kappa shape index (κ3) is 3.66. The second-order valence-electron chi connectivity index (χ2n) is 6.73. The quantitative estimate of drug-likeness (QED) is 0.629. The van der Waals surface area contributed by atoms with E-state index in [4.69, 9.17) is 0 Å². The van der Waals surface area contributed by atoms with Crippen LogP contribution in [0.5, 0.6) is 0 Å². The Kier molecular flexibility index (Phi) is 4.57. The number of sulfonamides is 1. The third-order valence-corrected chi connectivity index (χ3v) is 6.20. The van der Waals surface area contributed by atoms with E-state index < -0.39 is 10.0 Å². The number of nitrogens with one attached hydrogen (secondary N) is 3. The van der Waals surface area contributed by atoms with Gasteiger partial charge < -0.3 is 5.32 Å². The number of fused-ring (bicyclic) bond motifs is 1. The lowest BCUT2D eigenvalue weighted by Gasteiger charge is -2.12. The van der Waals surface area contributed by atoms with E-state index in [0.717, 1.165) is 36.5 Å². The van der Waals surface area contributed by atoms with Crippen LogP contribution < -0.4 is 10.0 Å². The van der Waals surface area contributed by atoms with Crippen LogP contribution in [0.25, 0.3) is 10.8 Å². The van der Waals surface area contributed by atoms with Gasteiger partial charge in [-0.3, -0.25) is 14.6 Å². The highest BCUT2D eigenvalue weighted by Crippen LogP contribution is 2.23. The number of aromatic nitrogens is 2. The molecule has 2 aromatic carbocycles. The molecule has 0 bridgehead atoms. The van der Waals surface area contributed by atoms with Gasteiger partial charge >= 0.3 is 0 Å². The first kappa shape index (κ1) is 17.5. The normalized spacial score (nSPS) is 15.1. The van der Waals surface area contributed by atoms with Crippen LogP contribution in [-0.2, 0) is 10.0 Å². The van der Waals surface area contributed by atoms with Crippen molar-refractivity contribution in [3.63, 3.8) is 0 Å². The molecule has 0 saturated heterocycles. The van der Waals surface area contributed by atoms with Gasteiger partial charge in [0.05, 0.1) is 16.8 Å². The molecular formula is C19H20N4O3S. The number of rotatable bonds is 5. The average molecular weight is 384 g/mol. The zero-order chi connectivity index (χ0) is 18.9. The number of anilines is 1. The molecule has 3 aromatic rings. The molecule has 140 valence electrons. The molecule has 7 nitrogen and oxygen atoms in total. The van der Waals surface area contributed by atoms with Crippen LogP contribution in [0.4, 0.5) is 5.69 Å². The Bertz CT molecular complexity index is 1090. The average Bonchev–Trinajstić information content (AvgIpc) is 3.33. The van der Waals surface area contributed by atoms with Crippen molar-refractivity contribution in [2.45, 2.75) is 36.6 Å². The molecule has 1 saturated carbocycles. The van der Waals surface area contributed by atoms with E-state index in [1.54, 1.807) is 18.2 Å². The molecule has 0 spiro atoms. The van der Waals surface area contributed by atoms with Crippen LogP contribution >= 0.6 is 0 Å². The lowest BCUT2D eigenvalue weighted by Crippen LogP contribution is -2.33. The van der Waals surface area contributed by atoms with Crippen LogP contribution in [0.3, 0.4) is 0 Å². The van der Waals surface area contributed by atoms with Gasteiger partial charge in [0.1, 0.15) is 5.69 Å². The fourth-order valence-electron chi connectivity index (χ4n) is 3.40. The van der Waals surface area contributed by atoms with Gasteiger partial charge in [-0.1, -0.05) is 43.2 Å². The summed E-state index contributed by atoms with van der Waals surface area (Å²) in [6, 6.07) is 12.6. The summed E-state index contributed by atoms with van der Waals surface area (Å²) in [4.78, 5) is 12.6. The van der Waals surface area contributed by atoms with Crippen molar-refractivity contribution in [2.24, 2.45) is 0 Å². The summed E-state index contributed by atoms with van der Waals surface area (Å²) < 4.78 is 28.0. The number of amides is 1. The summed E-state index contributed by atoms with van der Waals surface area (Å²) in [5.74, 6) is -0.351. The Morgan fingerprint density at radius 1 is 1.07 bits per heavy atom. The molecule has 27 heavy (non-hydrogen) atoms. The molecule has 8 heteroatoms. The second-order valence-corrected chi connectivity index (χ2v) is 8.41. The van der Waals surface area contributed by atoms with Crippen LogP contribution in [-0.4, -0.2) is 30.6 Å². The van der Waals surface area contributed by atoms with E-state index in [9.17, 15) is 13.2 Å². The first-order valence-electron chi connectivity index (χ1n) is 8.89. The number of hydrogen-bond acceptors (Lipinski definition) is 4. The lowest BCUT2D eigenvalue weighted by atomic mass is 10.1. The van der Waals surface area contributed by atoms with Crippen LogP contribution in [0.1, 0.15) is 36.2 Å². The van der Waals surface area contributed by atoms with Gasteiger partial charge in [0.25, 0.3) is 15.9 Å². The molecular weight excluding hydrogens is 364 g/mol. The van der Waals surface area contributed by atoms with Gasteiger partial charge in [-0.05, 0) is 35.7 Å². The minimum atomic E-state index is -3.85. The van der Waals surface area contributed by atoms with Crippen molar-refractivity contribution in [1.29, 1.82) is 0 Å². The Labute approximate surface area is 157 Å². The molecule has 4 rings (SSSR count). The number of benzene rings is 2. The van der Waals surface area contributed by atoms with E-state index in [1.165, 1.54) is 6.20 Å². The molecule has 1 amide bonds. The van der Waals surface area contributed by atoms with Gasteiger partial charge in [-0.15, -0.1) is 0 Å². The van der Waals surface area contributed by atoms with Crippen molar-refractivity contribution >= 4 is 32.4 Å². The monoisotopic (exact) mass is 384 g/mol. The first-order chi connectivity index (χ1) is 13.0. The van der Waals surface area contributed by atoms with Crippen LogP contribution in [0, 0.1) is 0 Å². The molecule has 1 aliphatic rings. The highest BCUT2D eigenvalue weighted by molar-refractivity contribution is 7.92. The van der Waals surface area contributed by atoms with Gasteiger partial charge in [0, 0.05) is 6.04 Å². The minimum absolute atomic E-state index is 0.117. The number of carbonyl (C=O) groups is 1. The predicted molar refractivity (Wildman–Crippen MR) is 103 cm³/mol. The standard InChI is InChI=1S/C19H20N4O3S/c24-19(21-15-7-3-4-8-15)18-17(12-20-22-18)23-27(25,26)16-10-9-13-5-1-2-6-14(13)11-16/h1-2,5-6,9-12,15,23H,3-4,7-8H2,(H,20,22)(H,21,24). The third-order valence-electron chi connectivity index (χ3n) is 4.83. The van der Waals surface area contributed by atoms with E-state index in [1.807, 2.05) is 24.3 Å². The lowest BCUT2D eigenvalue weighted by molar-refractivity contribution is 0.0933. The zero-order valence-corrected chi connectivity index (χ0v) is 15.4. The Morgan fingerprint density at radius 2 is 1.81 bits per heavy atom. The van der Waals surface area contributed by atoms with Gasteiger partial charge in [-0.25, -0.2) is 8.42 Å². The Balaban J connectivity index is 1.57. The molecule has 0 unspecified atom stereocenters. The number of nitrogens with zero attached hydrogens (tertiary/aromatic N) is 1. The molecule has 3 N–H and O–H groups in total. The first-order valence-corrected chi connectivity index (χ1v) is 10.4. The van der Waals surface area contributed by atoms with Crippen molar-refractivity contribution in [1.82, 2.24) is 15.5 Å². The van der Waals surface area contributed by atoms with E-state index in [2.05, 4.69) is 20.2 Å². The van der Waals surface area contributed by atoms with Gasteiger partial charge in [0.2, 0.25) is 0 Å². The molecule has 1 aliphatic carbocycles. The smallest absolute Gasteiger partial charge is 0.271 e. The largest absolute Gasteiger partial charge is 0.348 e. The summed E-state index contributed by atoms with van der Waals surface area (Å²) in [7, 11) is -3.85. The summed E-state index contributed by atoms with van der Waals surface area (Å²) in [5, 5.41) is 11.1. The minimum Gasteiger partial charge on any atom is -0.348 e. The topological polar surface area (TPSA) is 104 Å². The number of carbonyl (C=O) groups excluding carboxylic acids is 1. The Hall–Kier alpha value is -2.87. The summed E-state index contributed by atoms with van der Waals surface area (Å²) in [5.41, 5.74) is 0.255. The maximum Gasteiger partial charge on any atom is 0.271 e. The van der Waals surface area contributed by atoms with Crippen LogP contribution in [0.2, 0.25) is 0 Å². The summed E-state index contributed by atoms with van der Waals surface area (Å²) >= 11 is 0. The van der Waals surface area contributed by atoms with E-state index in [0.29, 0.717) is 0 Å². The number of aromatic amines is 1. The second kappa shape index (κ2) is 7.03. The van der Waals surface area contributed by atoms with Gasteiger partial charge in [-0.2, -0.15) is 5.10 Å². The number of hydrogen-bond donors (Lipinski definition) is 3. The van der Waals surface area contributed by atoms with Crippen LogP contribution in [0.15, 0.2) is 53.6 Å². The van der Waals surface area contributed by atoms with E-state index in [-0.39, 0.29) is 28.2 Å².